The number of carbonyl (C=O) groups excluding carboxylic acids is 3. The molecule has 0 radical (unpaired) electrons. The van der Waals surface area contributed by atoms with E-state index in [1.165, 1.54) is 0 Å². The quantitative estimate of drug-likeness (QED) is 0.154. The Balaban J connectivity index is 1.40. The molecule has 0 amide bonds. The number of aromatic nitrogens is 3. The van der Waals surface area contributed by atoms with Crippen LogP contribution >= 0.6 is 15.9 Å². The molecule has 1 fully saturated rings. The molecular weight excluding hydrogens is 592 g/mol. The Morgan fingerprint density at radius 3 is 2.14 bits per heavy atom. The average molecular weight is 615 g/mol. The topological polar surface area (TPSA) is 108 Å². The van der Waals surface area contributed by atoms with Gasteiger partial charge in [0.1, 0.15) is 0 Å². The van der Waals surface area contributed by atoms with E-state index in [1.807, 2.05) is 79.0 Å². The van der Waals surface area contributed by atoms with Crippen LogP contribution in [0.3, 0.4) is 0 Å². The van der Waals surface area contributed by atoms with Crippen LogP contribution in [-0.2, 0) is 0 Å². The van der Waals surface area contributed by atoms with Gasteiger partial charge in [0.2, 0.25) is 5.78 Å². The smallest absolute Gasteiger partial charge is 0.204 e. The van der Waals surface area contributed by atoms with E-state index in [4.69, 9.17) is 0 Å². The molecule has 4 aromatic carbocycles. The number of fused-ring (bicyclic) bond motifs is 3. The van der Waals surface area contributed by atoms with Gasteiger partial charge in [0.05, 0.1) is 17.0 Å². The van der Waals surface area contributed by atoms with Crippen molar-refractivity contribution in [2.45, 2.75) is 17.5 Å². The van der Waals surface area contributed by atoms with Crippen LogP contribution in [0.4, 0.5) is 0 Å². The average Bonchev–Trinajstić information content (AvgIpc) is 3.77. The van der Waals surface area contributed by atoms with Gasteiger partial charge in [0.15, 0.2) is 22.9 Å². The number of benzene rings is 4. The third-order valence-electron chi connectivity index (χ3n) is 8.82. The minimum atomic E-state index is -1.81. The molecular formula is C34H23BrN4O3. The zero-order valence-electron chi connectivity index (χ0n) is 22.1. The van der Waals surface area contributed by atoms with Crippen LogP contribution in [0.1, 0.15) is 54.4 Å². The standard InChI is InChI=1S/C34H23BrN4O3/c35-19-15-13-18(14-16-19)27-28(30(40)33-37-25-11-5-6-12-26(25)38-33)34(31(41)21-8-1-2-9-22(21)32(34)42)39-29(27)23-17-36-24-10-4-3-7-20(23)24/h1-17,27-29,36,39H,(H,37,38). The van der Waals surface area contributed by atoms with Crippen molar-refractivity contribution in [3.05, 3.63) is 136 Å². The number of rotatable bonds is 4. The fourth-order valence-electron chi connectivity index (χ4n) is 6.98. The minimum absolute atomic E-state index is 0.126. The van der Waals surface area contributed by atoms with Crippen LogP contribution in [0.15, 0.2) is 108 Å². The van der Waals surface area contributed by atoms with Crippen molar-refractivity contribution in [3.8, 4) is 0 Å². The lowest BCUT2D eigenvalue weighted by Gasteiger charge is -2.29. The Bertz CT molecular complexity index is 2010. The number of H-pyrrole nitrogens is 2. The number of para-hydroxylation sites is 3. The molecule has 7 nitrogen and oxygen atoms in total. The molecule has 3 atom stereocenters. The summed E-state index contributed by atoms with van der Waals surface area (Å²) in [5.74, 6) is -2.68. The van der Waals surface area contributed by atoms with E-state index < -0.39 is 23.4 Å². The van der Waals surface area contributed by atoms with E-state index >= 15 is 0 Å². The number of carbonyl (C=O) groups is 3. The van der Waals surface area contributed by atoms with Gasteiger partial charge < -0.3 is 9.97 Å². The van der Waals surface area contributed by atoms with Gasteiger partial charge >= 0.3 is 0 Å². The highest BCUT2D eigenvalue weighted by Gasteiger charge is 2.68. The van der Waals surface area contributed by atoms with Gasteiger partial charge in [-0.3, -0.25) is 19.7 Å². The van der Waals surface area contributed by atoms with Gasteiger partial charge in [-0.15, -0.1) is 0 Å². The van der Waals surface area contributed by atoms with E-state index in [-0.39, 0.29) is 23.2 Å². The summed E-state index contributed by atoms with van der Waals surface area (Å²) in [6.07, 6.45) is 1.91. The maximum absolute atomic E-state index is 14.8. The maximum Gasteiger partial charge on any atom is 0.204 e. The zero-order valence-corrected chi connectivity index (χ0v) is 23.7. The van der Waals surface area contributed by atoms with Crippen LogP contribution in [0.5, 0.6) is 0 Å². The lowest BCUT2D eigenvalue weighted by atomic mass is 9.70. The molecule has 3 N–H and O–H groups in total. The summed E-state index contributed by atoms with van der Waals surface area (Å²) in [4.78, 5) is 54.9. The first-order valence-corrected chi connectivity index (χ1v) is 14.5. The van der Waals surface area contributed by atoms with Crippen molar-refractivity contribution in [2.24, 2.45) is 5.92 Å². The molecule has 0 saturated carbocycles. The van der Waals surface area contributed by atoms with Gasteiger partial charge in [0, 0.05) is 44.7 Å². The van der Waals surface area contributed by atoms with Crippen molar-refractivity contribution in [1.82, 2.24) is 20.3 Å². The Morgan fingerprint density at radius 1 is 0.786 bits per heavy atom. The molecule has 3 heterocycles. The molecule has 1 spiro atoms. The summed E-state index contributed by atoms with van der Waals surface area (Å²) in [5, 5.41) is 4.47. The summed E-state index contributed by atoms with van der Waals surface area (Å²) in [6, 6.07) is 29.3. The number of halogens is 1. The highest BCUT2D eigenvalue weighted by molar-refractivity contribution is 9.10. The summed E-state index contributed by atoms with van der Waals surface area (Å²) in [5.41, 5.74) is 2.84. The molecule has 3 unspecified atom stereocenters. The van der Waals surface area contributed by atoms with Crippen LogP contribution in [0.25, 0.3) is 21.9 Å². The molecule has 42 heavy (non-hydrogen) atoms. The fourth-order valence-corrected chi connectivity index (χ4v) is 7.24. The van der Waals surface area contributed by atoms with Crippen LogP contribution in [0, 0.1) is 5.92 Å². The number of hydrogen-bond donors (Lipinski definition) is 3. The second-order valence-electron chi connectivity index (χ2n) is 10.9. The van der Waals surface area contributed by atoms with Gasteiger partial charge in [-0.1, -0.05) is 82.7 Å². The molecule has 1 aliphatic carbocycles. The first-order valence-electron chi connectivity index (χ1n) is 13.7. The number of aromatic amines is 2. The van der Waals surface area contributed by atoms with E-state index in [1.54, 1.807) is 24.3 Å². The molecule has 0 bridgehead atoms. The van der Waals surface area contributed by atoms with Crippen molar-refractivity contribution in [2.75, 3.05) is 0 Å². The molecule has 1 saturated heterocycles. The van der Waals surface area contributed by atoms with Gasteiger partial charge in [-0.2, -0.15) is 0 Å². The zero-order chi connectivity index (χ0) is 28.6. The highest BCUT2D eigenvalue weighted by Crippen LogP contribution is 2.55. The van der Waals surface area contributed by atoms with Crippen LogP contribution < -0.4 is 5.32 Å². The monoisotopic (exact) mass is 614 g/mol. The van der Waals surface area contributed by atoms with Gasteiger partial charge in [-0.05, 0) is 41.5 Å². The summed E-state index contributed by atoms with van der Waals surface area (Å²) in [7, 11) is 0. The summed E-state index contributed by atoms with van der Waals surface area (Å²) >= 11 is 3.53. The largest absolute Gasteiger partial charge is 0.361 e. The molecule has 8 rings (SSSR count). The Labute approximate surface area is 248 Å². The predicted molar refractivity (Wildman–Crippen MR) is 163 cm³/mol. The van der Waals surface area contributed by atoms with Crippen molar-refractivity contribution >= 4 is 55.2 Å². The molecule has 6 aromatic rings. The number of ketones is 3. The van der Waals surface area contributed by atoms with Crippen molar-refractivity contribution < 1.29 is 14.4 Å². The maximum atomic E-state index is 14.8. The highest BCUT2D eigenvalue weighted by atomic mass is 79.9. The number of nitrogens with one attached hydrogen (secondary N) is 3. The molecule has 2 aromatic heterocycles. The third-order valence-corrected chi connectivity index (χ3v) is 9.35. The van der Waals surface area contributed by atoms with E-state index in [9.17, 15) is 14.4 Å². The number of nitrogens with zero attached hydrogens (tertiary/aromatic N) is 1. The van der Waals surface area contributed by atoms with Crippen molar-refractivity contribution in [3.63, 3.8) is 0 Å². The fraction of sp³-hybridized carbons (Fsp3) is 0.118. The van der Waals surface area contributed by atoms with Gasteiger partial charge in [0.25, 0.3) is 0 Å². The first kappa shape index (κ1) is 25.1. The lowest BCUT2D eigenvalue weighted by molar-refractivity contribution is 0.0653. The second-order valence-corrected chi connectivity index (χ2v) is 11.9. The molecule has 1 aliphatic heterocycles. The first-order chi connectivity index (χ1) is 20.5. The van der Waals surface area contributed by atoms with Gasteiger partial charge in [-0.25, -0.2) is 4.98 Å². The van der Waals surface area contributed by atoms with E-state index in [2.05, 4.69) is 36.2 Å². The Hall–Kier alpha value is -4.66. The number of hydrogen-bond acceptors (Lipinski definition) is 5. The SMILES string of the molecule is O=C(c1nc2ccccc2[nH]1)C1C(c2ccc(Br)cc2)C(c2c[nH]c3ccccc23)NC12C(=O)c1ccccc1C2=O. The van der Waals surface area contributed by atoms with Crippen molar-refractivity contribution in [1.29, 1.82) is 0 Å². The van der Waals surface area contributed by atoms with E-state index in [0.29, 0.717) is 22.2 Å². The predicted octanol–water partition coefficient (Wildman–Crippen LogP) is 6.55. The van der Waals surface area contributed by atoms with Crippen LogP contribution in [-0.4, -0.2) is 37.8 Å². The number of imidazole rings is 1. The molecule has 2 aliphatic rings. The Morgan fingerprint density at radius 2 is 1.43 bits per heavy atom. The molecule has 204 valence electrons. The lowest BCUT2D eigenvalue weighted by Crippen LogP contribution is -2.57. The normalized spacial score (nSPS) is 21.0. The summed E-state index contributed by atoms with van der Waals surface area (Å²) in [6.45, 7) is 0. The Kier molecular flexibility index (Phi) is 5.48. The van der Waals surface area contributed by atoms with Crippen LogP contribution in [0.2, 0.25) is 0 Å². The third kappa shape index (κ3) is 3.42. The second kappa shape index (κ2) is 9.17. The summed E-state index contributed by atoms with van der Waals surface area (Å²) < 4.78 is 0.885. The van der Waals surface area contributed by atoms with E-state index in [0.717, 1.165) is 26.5 Å². The minimum Gasteiger partial charge on any atom is -0.361 e. The number of Topliss-reactive ketones (excluding diaryl/α,β-unsaturated/α-hetero) is 3. The molecule has 8 heteroatoms.